The Labute approximate surface area is 202 Å². The van der Waals surface area contributed by atoms with E-state index in [0.29, 0.717) is 41.3 Å². The summed E-state index contributed by atoms with van der Waals surface area (Å²) in [6.45, 7) is 18.7. The molecule has 1 N–H and O–H groups in total. The standard InChI is InChI=1S/C30H48O3/c1-18(17-22(31)25-27(4,5)33-25)19-11-15-30(8)21-9-10-23-26(2,3)24(32)13-14-28(23,6)20(21)12-16-29(19,30)7/h9,18-20,23-25,32H,10-17H2,1-8H3. The fourth-order valence-corrected chi connectivity index (χ4v) is 9.94. The van der Waals surface area contributed by atoms with Crippen molar-refractivity contribution in [1.82, 2.24) is 0 Å². The third-order valence-electron chi connectivity index (χ3n) is 12.4. The number of ether oxygens (including phenoxy) is 1. The van der Waals surface area contributed by atoms with Gasteiger partial charge in [-0.3, -0.25) is 4.79 Å². The van der Waals surface area contributed by atoms with Gasteiger partial charge >= 0.3 is 0 Å². The van der Waals surface area contributed by atoms with Gasteiger partial charge in [-0.05, 0) is 104 Å². The van der Waals surface area contributed by atoms with Gasteiger partial charge in [0.25, 0.3) is 0 Å². The van der Waals surface area contributed by atoms with Crippen LogP contribution in [-0.2, 0) is 9.53 Å². The van der Waals surface area contributed by atoms with Gasteiger partial charge in [-0.1, -0.05) is 53.2 Å². The maximum atomic E-state index is 12.9. The van der Waals surface area contributed by atoms with Gasteiger partial charge in [-0.2, -0.15) is 0 Å². The molecule has 4 fully saturated rings. The van der Waals surface area contributed by atoms with E-state index in [1.807, 2.05) is 13.8 Å². The second-order valence-corrected chi connectivity index (χ2v) is 14.6. The van der Waals surface area contributed by atoms with Crippen LogP contribution < -0.4 is 0 Å². The molecule has 9 unspecified atom stereocenters. The lowest BCUT2D eigenvalue weighted by Gasteiger charge is -2.64. The zero-order valence-electron chi connectivity index (χ0n) is 22.5. The summed E-state index contributed by atoms with van der Waals surface area (Å²) in [4.78, 5) is 12.9. The SMILES string of the molecule is CC(CC(=O)C1OC1(C)C)C1CCC2(C)C3=CCC4C(C)(C)C(O)CCC4(C)C3CCC12C. The first kappa shape index (κ1) is 24.0. The molecule has 33 heavy (non-hydrogen) atoms. The lowest BCUT2D eigenvalue weighted by molar-refractivity contribution is -0.132. The first-order valence-electron chi connectivity index (χ1n) is 13.8. The van der Waals surface area contributed by atoms with Crippen LogP contribution in [0.25, 0.3) is 0 Å². The Hall–Kier alpha value is -0.670. The van der Waals surface area contributed by atoms with Crippen LogP contribution >= 0.6 is 0 Å². The van der Waals surface area contributed by atoms with Crippen molar-refractivity contribution >= 4 is 5.78 Å². The molecule has 4 aliphatic carbocycles. The van der Waals surface area contributed by atoms with Crippen LogP contribution in [0, 0.1) is 45.3 Å². The zero-order valence-corrected chi connectivity index (χ0v) is 22.5. The molecule has 5 aliphatic rings. The summed E-state index contributed by atoms with van der Waals surface area (Å²) >= 11 is 0. The average molecular weight is 457 g/mol. The van der Waals surface area contributed by atoms with Crippen molar-refractivity contribution in [1.29, 1.82) is 0 Å². The van der Waals surface area contributed by atoms with Crippen LogP contribution in [-0.4, -0.2) is 28.7 Å². The molecule has 1 heterocycles. The maximum Gasteiger partial charge on any atom is 0.164 e. The third kappa shape index (κ3) is 3.16. The lowest BCUT2D eigenvalue weighted by Crippen LogP contribution is -2.58. The number of Topliss-reactive ketones (excluding diaryl/α,β-unsaturated/α-hetero) is 1. The highest BCUT2D eigenvalue weighted by Crippen LogP contribution is 2.73. The van der Waals surface area contributed by atoms with Gasteiger partial charge in [0.05, 0.1) is 11.7 Å². The Morgan fingerprint density at radius 1 is 1.06 bits per heavy atom. The molecule has 3 heteroatoms. The Morgan fingerprint density at radius 2 is 1.73 bits per heavy atom. The summed E-state index contributed by atoms with van der Waals surface area (Å²) in [5.41, 5.74) is 2.29. The van der Waals surface area contributed by atoms with Crippen LogP contribution in [0.3, 0.4) is 0 Å². The Kier molecular flexibility index (Phi) is 5.24. The molecule has 0 radical (unpaired) electrons. The van der Waals surface area contributed by atoms with Gasteiger partial charge in [0.1, 0.15) is 6.10 Å². The number of carbonyl (C=O) groups is 1. The number of epoxide rings is 1. The van der Waals surface area contributed by atoms with E-state index in [-0.39, 0.29) is 34.1 Å². The Morgan fingerprint density at radius 3 is 2.36 bits per heavy atom. The van der Waals surface area contributed by atoms with E-state index in [1.54, 1.807) is 5.57 Å². The minimum Gasteiger partial charge on any atom is -0.393 e. The highest BCUT2D eigenvalue weighted by Gasteiger charge is 2.65. The third-order valence-corrected chi connectivity index (χ3v) is 12.4. The first-order valence-corrected chi connectivity index (χ1v) is 13.8. The largest absolute Gasteiger partial charge is 0.393 e. The summed E-state index contributed by atoms with van der Waals surface area (Å²) in [5, 5.41) is 10.8. The number of aliphatic hydroxyl groups is 1. The van der Waals surface area contributed by atoms with Crippen LogP contribution in [0.2, 0.25) is 0 Å². The fourth-order valence-electron chi connectivity index (χ4n) is 9.94. The molecular weight excluding hydrogens is 408 g/mol. The van der Waals surface area contributed by atoms with Crippen molar-refractivity contribution in [3.8, 4) is 0 Å². The number of carbonyl (C=O) groups excluding carboxylic acids is 1. The second kappa shape index (κ2) is 7.19. The molecule has 0 spiro atoms. The molecule has 0 aromatic heterocycles. The average Bonchev–Trinajstić information content (AvgIpc) is 3.26. The number of ketones is 1. The van der Waals surface area contributed by atoms with Gasteiger partial charge in [-0.25, -0.2) is 0 Å². The highest BCUT2D eigenvalue weighted by atomic mass is 16.6. The van der Waals surface area contributed by atoms with Gasteiger partial charge in [0.15, 0.2) is 5.78 Å². The smallest absolute Gasteiger partial charge is 0.164 e. The van der Waals surface area contributed by atoms with E-state index in [4.69, 9.17) is 4.74 Å². The number of allylic oxidation sites excluding steroid dienone is 2. The van der Waals surface area contributed by atoms with Gasteiger partial charge < -0.3 is 9.84 Å². The number of hydrogen-bond acceptors (Lipinski definition) is 3. The molecule has 0 bridgehead atoms. The molecule has 0 aromatic rings. The van der Waals surface area contributed by atoms with E-state index in [1.165, 1.54) is 25.7 Å². The van der Waals surface area contributed by atoms with Crippen LogP contribution in [0.5, 0.6) is 0 Å². The Balaban J connectivity index is 1.41. The van der Waals surface area contributed by atoms with Crippen molar-refractivity contribution in [3.63, 3.8) is 0 Å². The summed E-state index contributed by atoms with van der Waals surface area (Å²) in [6.07, 6.45) is 11.2. The van der Waals surface area contributed by atoms with Crippen molar-refractivity contribution in [2.24, 2.45) is 45.3 Å². The van der Waals surface area contributed by atoms with E-state index in [2.05, 4.69) is 47.6 Å². The summed E-state index contributed by atoms with van der Waals surface area (Å²) in [7, 11) is 0. The summed E-state index contributed by atoms with van der Waals surface area (Å²) < 4.78 is 5.66. The van der Waals surface area contributed by atoms with Crippen molar-refractivity contribution < 1.29 is 14.6 Å². The van der Waals surface area contributed by atoms with Crippen molar-refractivity contribution in [2.45, 2.75) is 125 Å². The van der Waals surface area contributed by atoms with Gasteiger partial charge in [-0.15, -0.1) is 0 Å². The molecule has 5 rings (SSSR count). The topological polar surface area (TPSA) is 49.8 Å². The Bertz CT molecular complexity index is 870. The monoisotopic (exact) mass is 456 g/mol. The minimum absolute atomic E-state index is 0.0115. The molecule has 3 nitrogen and oxygen atoms in total. The minimum atomic E-state index is -0.247. The molecule has 1 saturated heterocycles. The van der Waals surface area contributed by atoms with E-state index >= 15 is 0 Å². The summed E-state index contributed by atoms with van der Waals surface area (Å²) in [6, 6.07) is 0. The quantitative estimate of drug-likeness (QED) is 0.377. The molecule has 1 aliphatic heterocycles. The van der Waals surface area contributed by atoms with Crippen LogP contribution in [0.15, 0.2) is 11.6 Å². The van der Waals surface area contributed by atoms with E-state index < -0.39 is 0 Å². The molecule has 0 aromatic carbocycles. The normalized spacial score (nSPS) is 50.5. The predicted molar refractivity (Wildman–Crippen MR) is 133 cm³/mol. The lowest BCUT2D eigenvalue weighted by atomic mass is 9.41. The first-order chi connectivity index (χ1) is 15.2. The van der Waals surface area contributed by atoms with Gasteiger partial charge in [0, 0.05) is 6.42 Å². The number of rotatable bonds is 4. The highest BCUT2D eigenvalue weighted by molar-refractivity contribution is 5.86. The number of aliphatic hydroxyl groups excluding tert-OH is 1. The van der Waals surface area contributed by atoms with Gasteiger partial charge in [0.2, 0.25) is 0 Å². The molecular formula is C30H48O3. The fraction of sp³-hybridized carbons (Fsp3) is 0.900. The van der Waals surface area contributed by atoms with Crippen LogP contribution in [0.4, 0.5) is 0 Å². The molecule has 3 saturated carbocycles. The zero-order chi connectivity index (χ0) is 24.2. The number of fused-ring (bicyclic) bond motifs is 5. The molecule has 186 valence electrons. The molecule has 9 atom stereocenters. The molecule has 0 amide bonds. The predicted octanol–water partition coefficient (Wildman–Crippen LogP) is 6.73. The van der Waals surface area contributed by atoms with Crippen LogP contribution in [0.1, 0.15) is 107 Å². The summed E-state index contributed by atoms with van der Waals surface area (Å²) in [5.74, 6) is 2.54. The number of hydrogen-bond donors (Lipinski definition) is 1. The second-order valence-electron chi connectivity index (χ2n) is 14.6. The van der Waals surface area contributed by atoms with Crippen molar-refractivity contribution in [3.05, 3.63) is 11.6 Å². The van der Waals surface area contributed by atoms with Crippen molar-refractivity contribution in [2.75, 3.05) is 0 Å². The van der Waals surface area contributed by atoms with E-state index in [0.717, 1.165) is 19.3 Å². The maximum absolute atomic E-state index is 12.9. The van der Waals surface area contributed by atoms with E-state index in [9.17, 15) is 9.90 Å².